The van der Waals surface area contributed by atoms with Crippen LogP contribution in [-0.4, -0.2) is 34.8 Å². The fraction of sp³-hybridized carbons (Fsp3) is 0.261. The fourth-order valence-electron chi connectivity index (χ4n) is 2.93. The van der Waals surface area contributed by atoms with Gasteiger partial charge in [0.2, 0.25) is 0 Å². The SMILES string of the molecule is CC(C)Oc1ccc(NC(=O)c2cc(-c3ccc(CNCCC(=O)O)cc3Cl)on2)cc1Cl. The van der Waals surface area contributed by atoms with Crippen molar-refractivity contribution in [3.05, 3.63) is 63.8 Å². The van der Waals surface area contributed by atoms with E-state index < -0.39 is 11.9 Å². The molecule has 3 rings (SSSR count). The number of benzene rings is 2. The largest absolute Gasteiger partial charge is 0.489 e. The van der Waals surface area contributed by atoms with Crippen molar-refractivity contribution in [2.75, 3.05) is 11.9 Å². The molecule has 10 heteroatoms. The number of carbonyl (C=O) groups excluding carboxylic acids is 1. The van der Waals surface area contributed by atoms with Crippen LogP contribution in [0.1, 0.15) is 36.3 Å². The molecule has 1 aromatic heterocycles. The molecule has 0 unspecified atom stereocenters. The number of carbonyl (C=O) groups is 2. The second-order valence-electron chi connectivity index (χ2n) is 7.48. The number of ether oxygens (including phenoxy) is 1. The smallest absolute Gasteiger partial charge is 0.304 e. The Balaban J connectivity index is 1.65. The summed E-state index contributed by atoms with van der Waals surface area (Å²) in [5.74, 6) is -0.451. The van der Waals surface area contributed by atoms with Gasteiger partial charge >= 0.3 is 5.97 Å². The highest BCUT2D eigenvalue weighted by atomic mass is 35.5. The van der Waals surface area contributed by atoms with E-state index in [9.17, 15) is 9.59 Å². The Morgan fingerprint density at radius 2 is 1.91 bits per heavy atom. The lowest BCUT2D eigenvalue weighted by molar-refractivity contribution is -0.136. The fourth-order valence-corrected chi connectivity index (χ4v) is 3.45. The number of rotatable bonds is 10. The molecular weight excluding hydrogens is 469 g/mol. The number of aromatic nitrogens is 1. The van der Waals surface area contributed by atoms with Crippen molar-refractivity contribution in [3.8, 4) is 17.1 Å². The monoisotopic (exact) mass is 491 g/mol. The number of nitrogens with zero attached hydrogens (tertiary/aromatic N) is 1. The predicted molar refractivity (Wildman–Crippen MR) is 126 cm³/mol. The second kappa shape index (κ2) is 11.2. The number of amides is 1. The number of nitrogens with one attached hydrogen (secondary N) is 2. The van der Waals surface area contributed by atoms with Crippen LogP contribution in [0.3, 0.4) is 0 Å². The summed E-state index contributed by atoms with van der Waals surface area (Å²) < 4.78 is 10.9. The standard InChI is InChI=1S/C23H23Cl2N3O5/c1-13(2)32-20-6-4-15(10-18(20)25)27-23(31)19-11-21(33-28-19)16-5-3-14(9-17(16)24)12-26-8-7-22(29)30/h3-6,9-11,13,26H,7-8,12H2,1-2H3,(H,27,31)(H,29,30). The van der Waals surface area contributed by atoms with Gasteiger partial charge < -0.3 is 25.0 Å². The molecule has 0 fully saturated rings. The second-order valence-corrected chi connectivity index (χ2v) is 8.29. The molecule has 3 N–H and O–H groups in total. The molecule has 33 heavy (non-hydrogen) atoms. The Morgan fingerprint density at radius 3 is 2.58 bits per heavy atom. The highest BCUT2D eigenvalue weighted by molar-refractivity contribution is 6.33. The van der Waals surface area contributed by atoms with E-state index in [2.05, 4.69) is 15.8 Å². The van der Waals surface area contributed by atoms with Gasteiger partial charge in [-0.1, -0.05) is 34.4 Å². The van der Waals surface area contributed by atoms with Gasteiger partial charge in [-0.2, -0.15) is 0 Å². The lowest BCUT2D eigenvalue weighted by Crippen LogP contribution is -2.17. The Hall–Kier alpha value is -3.07. The third kappa shape index (κ3) is 6.95. The van der Waals surface area contributed by atoms with Crippen LogP contribution in [0, 0.1) is 0 Å². The molecule has 0 aliphatic rings. The molecule has 0 atom stereocenters. The first-order chi connectivity index (χ1) is 15.7. The van der Waals surface area contributed by atoms with Crippen molar-refractivity contribution >= 4 is 40.8 Å². The first-order valence-electron chi connectivity index (χ1n) is 10.2. The van der Waals surface area contributed by atoms with Crippen molar-refractivity contribution in [3.63, 3.8) is 0 Å². The first-order valence-corrected chi connectivity index (χ1v) is 10.9. The molecule has 2 aromatic carbocycles. The van der Waals surface area contributed by atoms with Crippen LogP contribution >= 0.6 is 23.2 Å². The summed E-state index contributed by atoms with van der Waals surface area (Å²) >= 11 is 12.6. The number of anilines is 1. The van der Waals surface area contributed by atoms with Crippen molar-refractivity contribution in [2.24, 2.45) is 0 Å². The van der Waals surface area contributed by atoms with E-state index in [4.69, 9.17) is 37.6 Å². The topological polar surface area (TPSA) is 114 Å². The first kappa shape index (κ1) is 24.6. The zero-order valence-electron chi connectivity index (χ0n) is 18.0. The quantitative estimate of drug-likeness (QED) is 0.331. The number of aliphatic carboxylic acids is 1. The molecule has 8 nitrogen and oxygen atoms in total. The Kier molecular flexibility index (Phi) is 8.32. The Labute approximate surface area is 200 Å². The van der Waals surface area contributed by atoms with Crippen LogP contribution in [-0.2, 0) is 11.3 Å². The Morgan fingerprint density at radius 1 is 1.12 bits per heavy atom. The molecule has 1 amide bonds. The maximum absolute atomic E-state index is 12.6. The van der Waals surface area contributed by atoms with Crippen molar-refractivity contribution in [1.29, 1.82) is 0 Å². The molecule has 0 aliphatic heterocycles. The van der Waals surface area contributed by atoms with Crippen molar-refractivity contribution < 1.29 is 24.0 Å². The normalized spacial score (nSPS) is 10.9. The zero-order chi connectivity index (χ0) is 24.0. The summed E-state index contributed by atoms with van der Waals surface area (Å²) in [6.45, 7) is 4.62. The van der Waals surface area contributed by atoms with Crippen molar-refractivity contribution in [2.45, 2.75) is 32.9 Å². The highest BCUT2D eigenvalue weighted by Crippen LogP contribution is 2.31. The van der Waals surface area contributed by atoms with Gasteiger partial charge in [0, 0.05) is 30.4 Å². The van der Waals surface area contributed by atoms with E-state index in [0.29, 0.717) is 45.9 Å². The molecule has 0 saturated carbocycles. The number of hydrogen-bond donors (Lipinski definition) is 3. The number of carboxylic acid groups (broad SMARTS) is 1. The maximum Gasteiger partial charge on any atom is 0.304 e. The molecule has 0 saturated heterocycles. The van der Waals surface area contributed by atoms with E-state index in [-0.39, 0.29) is 18.2 Å². The number of carboxylic acids is 1. The summed E-state index contributed by atoms with van der Waals surface area (Å²) in [5, 5.41) is 19.1. The van der Waals surface area contributed by atoms with E-state index in [1.54, 1.807) is 30.3 Å². The van der Waals surface area contributed by atoms with Gasteiger partial charge in [0.15, 0.2) is 11.5 Å². The van der Waals surface area contributed by atoms with E-state index >= 15 is 0 Å². The van der Waals surface area contributed by atoms with Gasteiger partial charge in [0.25, 0.3) is 5.91 Å². The number of hydrogen-bond acceptors (Lipinski definition) is 6. The summed E-state index contributed by atoms with van der Waals surface area (Å²) in [4.78, 5) is 23.1. The predicted octanol–water partition coefficient (Wildman–Crippen LogP) is 5.25. The van der Waals surface area contributed by atoms with Gasteiger partial charge in [-0.25, -0.2) is 0 Å². The lowest BCUT2D eigenvalue weighted by atomic mass is 10.1. The van der Waals surface area contributed by atoms with Gasteiger partial charge in [0.05, 0.1) is 22.6 Å². The molecule has 0 aliphatic carbocycles. The van der Waals surface area contributed by atoms with Gasteiger partial charge in [0.1, 0.15) is 5.75 Å². The molecule has 0 spiro atoms. The van der Waals surface area contributed by atoms with E-state index in [1.165, 1.54) is 6.07 Å². The average Bonchev–Trinajstić information content (AvgIpc) is 3.23. The van der Waals surface area contributed by atoms with Crippen LogP contribution in [0.15, 0.2) is 47.0 Å². The zero-order valence-corrected chi connectivity index (χ0v) is 19.5. The van der Waals surface area contributed by atoms with Crippen LogP contribution < -0.4 is 15.4 Å². The molecule has 0 bridgehead atoms. The van der Waals surface area contributed by atoms with E-state index in [1.807, 2.05) is 19.9 Å². The lowest BCUT2D eigenvalue weighted by Gasteiger charge is -2.12. The maximum atomic E-state index is 12.6. The van der Waals surface area contributed by atoms with Crippen LogP contribution in [0.25, 0.3) is 11.3 Å². The minimum Gasteiger partial charge on any atom is -0.489 e. The summed E-state index contributed by atoms with van der Waals surface area (Å²) in [5.41, 5.74) is 2.03. The van der Waals surface area contributed by atoms with Crippen LogP contribution in [0.4, 0.5) is 5.69 Å². The minimum atomic E-state index is -0.860. The van der Waals surface area contributed by atoms with Crippen LogP contribution in [0.2, 0.25) is 10.0 Å². The molecule has 174 valence electrons. The molecule has 3 aromatic rings. The molecular formula is C23H23Cl2N3O5. The summed E-state index contributed by atoms with van der Waals surface area (Å²) in [7, 11) is 0. The Bertz CT molecular complexity index is 1150. The summed E-state index contributed by atoms with van der Waals surface area (Å²) in [6, 6.07) is 11.8. The minimum absolute atomic E-state index is 0.0226. The molecule has 1 heterocycles. The summed E-state index contributed by atoms with van der Waals surface area (Å²) in [6.07, 6.45) is 0.0159. The third-order valence-electron chi connectivity index (χ3n) is 4.44. The number of halogens is 2. The van der Waals surface area contributed by atoms with Crippen molar-refractivity contribution in [1.82, 2.24) is 10.5 Å². The van der Waals surface area contributed by atoms with Gasteiger partial charge in [-0.05, 0) is 49.7 Å². The average molecular weight is 492 g/mol. The highest BCUT2D eigenvalue weighted by Gasteiger charge is 2.17. The van der Waals surface area contributed by atoms with E-state index in [0.717, 1.165) is 5.56 Å². The van der Waals surface area contributed by atoms with Crippen LogP contribution in [0.5, 0.6) is 5.75 Å². The van der Waals surface area contributed by atoms with Gasteiger partial charge in [-0.3, -0.25) is 9.59 Å². The van der Waals surface area contributed by atoms with Gasteiger partial charge in [-0.15, -0.1) is 0 Å². The molecule has 0 radical (unpaired) electrons. The third-order valence-corrected chi connectivity index (χ3v) is 5.05.